The van der Waals surface area contributed by atoms with E-state index in [9.17, 15) is 9.59 Å². The molecule has 1 atom stereocenters. The van der Waals surface area contributed by atoms with Crippen molar-refractivity contribution < 1.29 is 14.7 Å². The third-order valence-corrected chi connectivity index (χ3v) is 2.61. The predicted octanol–water partition coefficient (Wildman–Crippen LogP) is 1.15. The lowest BCUT2D eigenvalue weighted by Crippen LogP contribution is -2.36. The maximum atomic E-state index is 12.1. The molecule has 0 saturated carbocycles. The molecule has 18 heavy (non-hydrogen) atoms. The van der Waals surface area contributed by atoms with Crippen molar-refractivity contribution in [2.75, 3.05) is 7.05 Å². The van der Waals surface area contributed by atoms with Gasteiger partial charge in [-0.3, -0.25) is 9.78 Å². The summed E-state index contributed by atoms with van der Waals surface area (Å²) >= 11 is 0. The highest BCUT2D eigenvalue weighted by Crippen LogP contribution is 2.11. The van der Waals surface area contributed by atoms with Crippen molar-refractivity contribution in [1.82, 2.24) is 9.88 Å². The van der Waals surface area contributed by atoms with Gasteiger partial charge in [-0.1, -0.05) is 0 Å². The summed E-state index contributed by atoms with van der Waals surface area (Å²) in [5.41, 5.74) is -0.254. The first-order valence-electron chi connectivity index (χ1n) is 5.31. The number of aromatic nitrogens is 1. The van der Waals surface area contributed by atoms with Gasteiger partial charge in [0.05, 0.1) is 18.1 Å². The van der Waals surface area contributed by atoms with E-state index in [0.717, 1.165) is 0 Å². The molecular formula is C12H13N3O3. The zero-order valence-electron chi connectivity index (χ0n) is 10.1. The van der Waals surface area contributed by atoms with Gasteiger partial charge in [-0.25, -0.2) is 4.79 Å². The summed E-state index contributed by atoms with van der Waals surface area (Å²) in [6.07, 6.45) is 1.54. The molecule has 1 heterocycles. The summed E-state index contributed by atoms with van der Waals surface area (Å²) in [5.74, 6) is -1.71. The second-order valence-corrected chi connectivity index (χ2v) is 3.83. The molecule has 1 rings (SSSR count). The van der Waals surface area contributed by atoms with Crippen LogP contribution in [-0.4, -0.2) is 40.0 Å². The molecule has 1 N–H and O–H groups in total. The van der Waals surface area contributed by atoms with Gasteiger partial charge >= 0.3 is 5.97 Å². The summed E-state index contributed by atoms with van der Waals surface area (Å²) in [6, 6.07) is 4.44. The van der Waals surface area contributed by atoms with E-state index in [4.69, 9.17) is 10.4 Å². The topological polar surface area (TPSA) is 94.3 Å². The van der Waals surface area contributed by atoms with Gasteiger partial charge in [0.25, 0.3) is 5.91 Å². The van der Waals surface area contributed by atoms with E-state index < -0.39 is 11.9 Å². The largest absolute Gasteiger partial charge is 0.478 e. The molecule has 0 aliphatic heterocycles. The number of amides is 1. The molecule has 1 amide bonds. The van der Waals surface area contributed by atoms with E-state index in [1.807, 2.05) is 6.07 Å². The number of hydrogen-bond donors (Lipinski definition) is 1. The highest BCUT2D eigenvalue weighted by Gasteiger charge is 2.23. The lowest BCUT2D eigenvalue weighted by atomic mass is 10.1. The van der Waals surface area contributed by atoms with E-state index in [1.165, 1.54) is 30.3 Å². The van der Waals surface area contributed by atoms with Gasteiger partial charge in [-0.05, 0) is 19.1 Å². The van der Waals surface area contributed by atoms with Crippen molar-refractivity contribution in [3.8, 4) is 6.07 Å². The average molecular weight is 247 g/mol. The van der Waals surface area contributed by atoms with E-state index in [0.29, 0.717) is 0 Å². The molecule has 0 fully saturated rings. The standard InChI is InChI=1S/C12H13N3O3/c1-8(5-6-13)15(2)11(16)10-9(12(17)18)4-3-7-14-10/h3-4,7-8H,5H2,1-2H3,(H,17,18). The maximum absolute atomic E-state index is 12.1. The highest BCUT2D eigenvalue weighted by atomic mass is 16.4. The summed E-state index contributed by atoms with van der Waals surface area (Å²) < 4.78 is 0. The molecule has 6 nitrogen and oxygen atoms in total. The summed E-state index contributed by atoms with van der Waals surface area (Å²) in [4.78, 5) is 28.2. The molecule has 0 aromatic carbocycles. The maximum Gasteiger partial charge on any atom is 0.338 e. The molecular weight excluding hydrogens is 234 g/mol. The Morgan fingerprint density at radius 1 is 1.61 bits per heavy atom. The molecule has 1 aromatic rings. The minimum absolute atomic E-state index is 0.114. The van der Waals surface area contributed by atoms with Crippen molar-refractivity contribution in [3.05, 3.63) is 29.6 Å². The number of carboxylic acids is 1. The second kappa shape index (κ2) is 5.77. The van der Waals surface area contributed by atoms with E-state index in [1.54, 1.807) is 6.92 Å². The number of aromatic carboxylic acids is 1. The van der Waals surface area contributed by atoms with Crippen LogP contribution in [0.1, 0.15) is 34.2 Å². The average Bonchev–Trinajstić information content (AvgIpc) is 2.37. The van der Waals surface area contributed by atoms with Crippen LogP contribution in [0.25, 0.3) is 0 Å². The minimum Gasteiger partial charge on any atom is -0.478 e. The van der Waals surface area contributed by atoms with Crippen LogP contribution in [0.2, 0.25) is 0 Å². The molecule has 0 bridgehead atoms. The third-order valence-electron chi connectivity index (χ3n) is 2.61. The molecule has 0 spiro atoms. The van der Waals surface area contributed by atoms with Crippen molar-refractivity contribution in [1.29, 1.82) is 5.26 Å². The Hall–Kier alpha value is -2.42. The van der Waals surface area contributed by atoms with Gasteiger partial charge in [0, 0.05) is 19.3 Å². The number of carbonyl (C=O) groups is 2. The van der Waals surface area contributed by atoms with Crippen molar-refractivity contribution in [2.45, 2.75) is 19.4 Å². The monoisotopic (exact) mass is 247 g/mol. The highest BCUT2D eigenvalue weighted by molar-refractivity contribution is 6.03. The quantitative estimate of drug-likeness (QED) is 0.861. The molecule has 0 aliphatic carbocycles. The van der Waals surface area contributed by atoms with Gasteiger partial charge in [-0.2, -0.15) is 5.26 Å². The van der Waals surface area contributed by atoms with E-state index in [2.05, 4.69) is 4.98 Å². The number of pyridine rings is 1. The molecule has 0 radical (unpaired) electrons. The van der Waals surface area contributed by atoms with Gasteiger partial charge in [0.15, 0.2) is 0 Å². The first-order valence-corrected chi connectivity index (χ1v) is 5.31. The molecule has 1 unspecified atom stereocenters. The van der Waals surface area contributed by atoms with Crippen LogP contribution in [0.5, 0.6) is 0 Å². The smallest absolute Gasteiger partial charge is 0.338 e. The second-order valence-electron chi connectivity index (χ2n) is 3.83. The summed E-state index contributed by atoms with van der Waals surface area (Å²) in [5, 5.41) is 17.6. The fourth-order valence-corrected chi connectivity index (χ4v) is 1.38. The summed E-state index contributed by atoms with van der Waals surface area (Å²) in [7, 11) is 1.52. The number of nitriles is 1. The molecule has 0 saturated heterocycles. The van der Waals surface area contributed by atoms with E-state index in [-0.39, 0.29) is 23.7 Å². The number of nitrogens with zero attached hydrogens (tertiary/aromatic N) is 3. The Morgan fingerprint density at radius 2 is 2.28 bits per heavy atom. The van der Waals surface area contributed by atoms with Gasteiger partial charge in [-0.15, -0.1) is 0 Å². The Balaban J connectivity index is 3.04. The van der Waals surface area contributed by atoms with Crippen LogP contribution in [0, 0.1) is 11.3 Å². The lowest BCUT2D eigenvalue weighted by molar-refractivity contribution is 0.0669. The first kappa shape index (κ1) is 13.6. The fraction of sp³-hybridized carbons (Fsp3) is 0.333. The number of carbonyl (C=O) groups excluding carboxylic acids is 1. The Morgan fingerprint density at radius 3 is 2.83 bits per heavy atom. The van der Waals surface area contributed by atoms with Crippen LogP contribution in [-0.2, 0) is 0 Å². The van der Waals surface area contributed by atoms with Crippen LogP contribution in [0.4, 0.5) is 0 Å². The lowest BCUT2D eigenvalue weighted by Gasteiger charge is -2.22. The third kappa shape index (κ3) is 2.83. The molecule has 6 heteroatoms. The van der Waals surface area contributed by atoms with Crippen LogP contribution < -0.4 is 0 Å². The van der Waals surface area contributed by atoms with Crippen molar-refractivity contribution in [3.63, 3.8) is 0 Å². The van der Waals surface area contributed by atoms with Crippen molar-refractivity contribution in [2.24, 2.45) is 0 Å². The number of hydrogen-bond acceptors (Lipinski definition) is 4. The molecule has 1 aromatic heterocycles. The summed E-state index contributed by atoms with van der Waals surface area (Å²) in [6.45, 7) is 1.71. The van der Waals surface area contributed by atoms with Gasteiger partial charge in [0.2, 0.25) is 0 Å². The van der Waals surface area contributed by atoms with Crippen molar-refractivity contribution >= 4 is 11.9 Å². The van der Waals surface area contributed by atoms with Gasteiger partial charge < -0.3 is 10.0 Å². The Kier molecular flexibility index (Phi) is 4.38. The zero-order valence-corrected chi connectivity index (χ0v) is 10.1. The number of rotatable bonds is 4. The predicted molar refractivity (Wildman–Crippen MR) is 63.0 cm³/mol. The Labute approximate surface area is 104 Å². The first-order chi connectivity index (χ1) is 8.49. The fourth-order valence-electron chi connectivity index (χ4n) is 1.38. The minimum atomic E-state index is -1.20. The molecule has 94 valence electrons. The normalized spacial score (nSPS) is 11.4. The van der Waals surface area contributed by atoms with Gasteiger partial charge in [0.1, 0.15) is 5.69 Å². The van der Waals surface area contributed by atoms with E-state index >= 15 is 0 Å². The zero-order chi connectivity index (χ0) is 13.7. The van der Waals surface area contributed by atoms with Crippen LogP contribution >= 0.6 is 0 Å². The SMILES string of the molecule is CC(CC#N)N(C)C(=O)c1ncccc1C(=O)O. The Bertz CT molecular complexity index is 508. The number of carboxylic acid groups (broad SMARTS) is 1. The van der Waals surface area contributed by atoms with Crippen LogP contribution in [0.3, 0.4) is 0 Å². The molecule has 0 aliphatic rings. The van der Waals surface area contributed by atoms with Crippen LogP contribution in [0.15, 0.2) is 18.3 Å².